The maximum atomic E-state index is 12.2. The van der Waals surface area contributed by atoms with E-state index < -0.39 is 16.3 Å². The first-order chi connectivity index (χ1) is 4.70. The number of hydrogen-bond acceptors (Lipinski definition) is 1. The second kappa shape index (κ2) is 3.07. The summed E-state index contributed by atoms with van der Waals surface area (Å²) in [5.74, 6) is -0.332. The first-order valence-electron chi connectivity index (χ1n) is 2.83. The van der Waals surface area contributed by atoms with Gasteiger partial charge in [-0.1, -0.05) is 6.08 Å². The van der Waals surface area contributed by atoms with Crippen LogP contribution in [0.15, 0.2) is 24.1 Å². The maximum absolute atomic E-state index is 12.2. The molecule has 0 heterocycles. The van der Waals surface area contributed by atoms with E-state index in [0.29, 0.717) is 6.42 Å². The third kappa shape index (κ3) is 1.75. The second-order valence-corrected chi connectivity index (χ2v) is 3.16. The van der Waals surface area contributed by atoms with Gasteiger partial charge in [0.25, 0.3) is 0 Å². The number of allylic oxidation sites excluding steroid dienone is 3. The Morgan fingerprint density at radius 1 is 1.80 bits per heavy atom. The van der Waals surface area contributed by atoms with Gasteiger partial charge in [0, 0.05) is 0 Å². The Kier molecular flexibility index (Phi) is 2.34. The molecule has 1 rings (SSSR count). The Hall–Kier alpha value is -0.480. The zero-order valence-corrected chi connectivity index (χ0v) is 5.97. The van der Waals surface area contributed by atoms with Crippen LogP contribution in [0.3, 0.4) is 0 Å². The van der Waals surface area contributed by atoms with Crippen molar-refractivity contribution >= 4 is 11.1 Å². The Morgan fingerprint density at radius 3 is 2.90 bits per heavy atom. The molecule has 0 aromatic carbocycles. The molecule has 2 atom stereocenters. The highest BCUT2D eigenvalue weighted by Crippen LogP contribution is 2.14. The van der Waals surface area contributed by atoms with Crippen LogP contribution >= 0.6 is 0 Å². The van der Waals surface area contributed by atoms with Crippen LogP contribution in [-0.2, 0) is 11.1 Å². The summed E-state index contributed by atoms with van der Waals surface area (Å²) in [7, 11) is 0. The molecule has 0 radical (unpaired) electrons. The molecule has 10 heavy (non-hydrogen) atoms. The molecule has 0 aromatic heterocycles. The molecule has 0 saturated carbocycles. The highest BCUT2D eigenvalue weighted by atomic mass is 32.2. The average molecular weight is 162 g/mol. The molecule has 1 aliphatic carbocycles. The van der Waals surface area contributed by atoms with Gasteiger partial charge in [-0.3, -0.25) is 0 Å². The van der Waals surface area contributed by atoms with Crippen molar-refractivity contribution < 1.29 is 13.2 Å². The quantitative estimate of drug-likeness (QED) is 0.591. The smallest absolute Gasteiger partial charge is 0.160 e. The van der Waals surface area contributed by atoms with E-state index in [-0.39, 0.29) is 5.83 Å². The van der Waals surface area contributed by atoms with Gasteiger partial charge in [0.05, 0.1) is 5.25 Å². The molecule has 0 amide bonds. The molecule has 0 saturated heterocycles. The third-order valence-electron chi connectivity index (χ3n) is 1.27. The summed E-state index contributed by atoms with van der Waals surface area (Å²) in [5, 5.41) is -0.431. The van der Waals surface area contributed by atoms with Gasteiger partial charge in [-0.05, 0) is 18.6 Å². The minimum Gasteiger partial charge on any atom is -0.306 e. The van der Waals surface area contributed by atoms with Crippen LogP contribution in [0.25, 0.3) is 0 Å². The van der Waals surface area contributed by atoms with Gasteiger partial charge in [0.15, 0.2) is 11.1 Å². The van der Waals surface area contributed by atoms with Crippen LogP contribution in [0, 0.1) is 0 Å². The van der Waals surface area contributed by atoms with Crippen LogP contribution in [0.5, 0.6) is 0 Å². The average Bonchev–Trinajstić information content (AvgIpc) is 1.88. The molecule has 0 aliphatic heterocycles. The zero-order chi connectivity index (χ0) is 7.56. The molecule has 56 valence electrons. The summed E-state index contributed by atoms with van der Waals surface area (Å²) >= 11 is -1.87. The zero-order valence-electron chi connectivity index (χ0n) is 5.16. The fraction of sp³-hybridized carbons (Fsp3) is 0.333. The highest BCUT2D eigenvalue weighted by molar-refractivity contribution is 7.80. The van der Waals surface area contributed by atoms with Gasteiger partial charge < -0.3 is 4.55 Å². The highest BCUT2D eigenvalue weighted by Gasteiger charge is 2.12. The standard InChI is InChI=1S/C6H7FO2S/c7-5-1-3-6(4-2-5)10(8)9/h1-3,6H,4H2,(H,8,9). The summed E-state index contributed by atoms with van der Waals surface area (Å²) in [6.45, 7) is 0. The Balaban J connectivity index is 2.60. The largest absolute Gasteiger partial charge is 0.306 e. The minimum atomic E-state index is -1.87. The summed E-state index contributed by atoms with van der Waals surface area (Å²) in [4.78, 5) is 0. The number of hydrogen-bond donors (Lipinski definition) is 1. The maximum Gasteiger partial charge on any atom is 0.160 e. The lowest BCUT2D eigenvalue weighted by Crippen LogP contribution is -2.11. The van der Waals surface area contributed by atoms with Crippen LogP contribution in [-0.4, -0.2) is 14.0 Å². The Bertz CT molecular complexity index is 210. The predicted molar refractivity (Wildman–Crippen MR) is 37.5 cm³/mol. The predicted octanol–water partition coefficient (Wildman–Crippen LogP) is 1.39. The third-order valence-corrected chi connectivity index (χ3v) is 2.14. The van der Waals surface area contributed by atoms with E-state index in [2.05, 4.69) is 0 Å². The van der Waals surface area contributed by atoms with E-state index >= 15 is 0 Å². The van der Waals surface area contributed by atoms with Crippen molar-refractivity contribution in [2.75, 3.05) is 0 Å². The van der Waals surface area contributed by atoms with Gasteiger partial charge in [0.1, 0.15) is 5.83 Å². The first-order valence-corrected chi connectivity index (χ1v) is 4.00. The van der Waals surface area contributed by atoms with Crippen molar-refractivity contribution in [3.8, 4) is 0 Å². The summed E-state index contributed by atoms with van der Waals surface area (Å²) < 4.78 is 31.1. The van der Waals surface area contributed by atoms with Crippen molar-refractivity contribution in [3.63, 3.8) is 0 Å². The van der Waals surface area contributed by atoms with E-state index in [1.165, 1.54) is 18.2 Å². The van der Waals surface area contributed by atoms with Gasteiger partial charge >= 0.3 is 0 Å². The molecule has 0 spiro atoms. The van der Waals surface area contributed by atoms with E-state index in [1.54, 1.807) is 0 Å². The normalized spacial score (nSPS) is 27.8. The van der Waals surface area contributed by atoms with Crippen molar-refractivity contribution in [1.29, 1.82) is 0 Å². The van der Waals surface area contributed by atoms with E-state index in [4.69, 9.17) is 4.55 Å². The van der Waals surface area contributed by atoms with Crippen molar-refractivity contribution in [2.45, 2.75) is 11.7 Å². The lowest BCUT2D eigenvalue weighted by atomic mass is 10.2. The lowest BCUT2D eigenvalue weighted by molar-refractivity contribution is 0.554. The van der Waals surface area contributed by atoms with Gasteiger partial charge in [-0.2, -0.15) is 0 Å². The lowest BCUT2D eigenvalue weighted by Gasteiger charge is -2.07. The molecular weight excluding hydrogens is 155 g/mol. The Morgan fingerprint density at radius 2 is 2.50 bits per heavy atom. The second-order valence-electron chi connectivity index (χ2n) is 2.00. The molecular formula is C6H7FO2S. The molecule has 1 N–H and O–H groups in total. The molecule has 2 nitrogen and oxygen atoms in total. The molecule has 1 aliphatic rings. The first kappa shape index (κ1) is 7.63. The minimum absolute atomic E-state index is 0.311. The van der Waals surface area contributed by atoms with Crippen molar-refractivity contribution in [2.24, 2.45) is 0 Å². The molecule has 2 unspecified atom stereocenters. The fourth-order valence-electron chi connectivity index (χ4n) is 0.724. The molecule has 0 bridgehead atoms. The monoisotopic (exact) mass is 162 g/mol. The number of rotatable bonds is 1. The van der Waals surface area contributed by atoms with Gasteiger partial charge in [0.2, 0.25) is 0 Å². The van der Waals surface area contributed by atoms with Crippen LogP contribution < -0.4 is 0 Å². The molecule has 0 fully saturated rings. The van der Waals surface area contributed by atoms with E-state index in [1.807, 2.05) is 0 Å². The number of halogens is 1. The van der Waals surface area contributed by atoms with Crippen LogP contribution in [0.4, 0.5) is 4.39 Å². The van der Waals surface area contributed by atoms with Crippen molar-refractivity contribution in [1.82, 2.24) is 0 Å². The fourth-order valence-corrected chi connectivity index (χ4v) is 1.20. The molecule has 0 aromatic rings. The molecule has 4 heteroatoms. The van der Waals surface area contributed by atoms with Crippen LogP contribution in [0.2, 0.25) is 0 Å². The summed E-state index contributed by atoms with van der Waals surface area (Å²) in [5.41, 5.74) is 0. The van der Waals surface area contributed by atoms with Crippen LogP contribution in [0.1, 0.15) is 6.42 Å². The summed E-state index contributed by atoms with van der Waals surface area (Å²) in [6, 6.07) is 0. The van der Waals surface area contributed by atoms with Gasteiger partial charge in [-0.15, -0.1) is 0 Å². The summed E-state index contributed by atoms with van der Waals surface area (Å²) in [6.07, 6.45) is 4.23. The topological polar surface area (TPSA) is 37.3 Å². The van der Waals surface area contributed by atoms with Gasteiger partial charge in [-0.25, -0.2) is 8.60 Å². The van der Waals surface area contributed by atoms with Crippen molar-refractivity contribution in [3.05, 3.63) is 24.1 Å². The van der Waals surface area contributed by atoms with E-state index in [0.717, 1.165) is 0 Å². The van der Waals surface area contributed by atoms with E-state index in [9.17, 15) is 8.60 Å². The Labute approximate surface area is 60.7 Å². The SMILES string of the molecule is O=S(O)C1C=CC(F)=CC1.